The van der Waals surface area contributed by atoms with Gasteiger partial charge in [0.25, 0.3) is 0 Å². The van der Waals surface area contributed by atoms with Crippen molar-refractivity contribution >= 4 is 17.3 Å². The first kappa shape index (κ1) is 18.7. The number of rotatable bonds is 7. The molecule has 140 valence electrons. The van der Waals surface area contributed by atoms with E-state index >= 15 is 0 Å². The summed E-state index contributed by atoms with van der Waals surface area (Å²) in [6.45, 7) is 1.37. The van der Waals surface area contributed by atoms with Crippen molar-refractivity contribution in [2.24, 2.45) is 4.99 Å². The number of nitrogens with one attached hydrogen (secondary N) is 2. The molecule has 3 aromatic rings. The zero-order valence-electron chi connectivity index (χ0n) is 15.3. The number of benzene rings is 1. The molecule has 0 aliphatic carbocycles. The fraction of sp³-hybridized carbons (Fsp3) is 0.200. The zero-order valence-corrected chi connectivity index (χ0v) is 16.1. The Morgan fingerprint density at radius 3 is 2.63 bits per heavy atom. The fourth-order valence-corrected chi connectivity index (χ4v) is 3.00. The van der Waals surface area contributed by atoms with E-state index in [1.54, 1.807) is 31.7 Å². The Balaban J connectivity index is 1.50. The molecule has 0 saturated carbocycles. The number of ether oxygens (including phenoxy) is 2. The molecule has 0 radical (unpaired) electrons. The molecule has 2 N–H and O–H groups in total. The molecule has 7 heteroatoms. The minimum atomic E-state index is 0.534. The molecule has 2 aromatic heterocycles. The van der Waals surface area contributed by atoms with E-state index in [4.69, 9.17) is 9.47 Å². The summed E-state index contributed by atoms with van der Waals surface area (Å²) < 4.78 is 11.0. The van der Waals surface area contributed by atoms with Gasteiger partial charge in [0.2, 0.25) is 5.88 Å². The number of thiophene rings is 1. The molecular formula is C20H22N4O2S. The lowest BCUT2D eigenvalue weighted by atomic mass is 10.3. The zero-order chi connectivity index (χ0) is 18.9. The smallest absolute Gasteiger partial charge is 0.219 e. The van der Waals surface area contributed by atoms with Gasteiger partial charge in [0.05, 0.1) is 13.7 Å². The number of methoxy groups -OCH3 is 1. The van der Waals surface area contributed by atoms with E-state index in [1.807, 2.05) is 42.5 Å². The van der Waals surface area contributed by atoms with E-state index < -0.39 is 0 Å². The molecule has 6 nitrogen and oxygen atoms in total. The molecule has 0 unspecified atom stereocenters. The average molecular weight is 382 g/mol. The van der Waals surface area contributed by atoms with Crippen LogP contribution in [-0.4, -0.2) is 25.1 Å². The van der Waals surface area contributed by atoms with Gasteiger partial charge in [0.15, 0.2) is 5.96 Å². The van der Waals surface area contributed by atoms with E-state index in [-0.39, 0.29) is 0 Å². The van der Waals surface area contributed by atoms with Crippen molar-refractivity contribution in [3.05, 3.63) is 70.5 Å². The van der Waals surface area contributed by atoms with E-state index in [0.717, 1.165) is 23.8 Å². The second-order valence-corrected chi connectivity index (χ2v) is 6.68. The van der Waals surface area contributed by atoms with Gasteiger partial charge in [-0.25, -0.2) is 4.98 Å². The lowest BCUT2D eigenvalue weighted by Crippen LogP contribution is -2.36. The van der Waals surface area contributed by atoms with E-state index in [2.05, 4.69) is 32.1 Å². The SMILES string of the molecule is CN=C(NCc1ccc(Oc2cccc(OC)c2)nc1)NCc1cccs1. The third-order valence-electron chi connectivity index (χ3n) is 3.75. The van der Waals surface area contributed by atoms with Gasteiger partial charge in [-0.05, 0) is 29.1 Å². The Kier molecular flexibility index (Phi) is 6.65. The maximum Gasteiger partial charge on any atom is 0.219 e. The van der Waals surface area contributed by atoms with Crippen LogP contribution in [0.15, 0.2) is 65.1 Å². The highest BCUT2D eigenvalue weighted by Gasteiger charge is 2.03. The minimum absolute atomic E-state index is 0.534. The Bertz CT molecular complexity index is 864. The molecule has 0 amide bonds. The van der Waals surface area contributed by atoms with Crippen molar-refractivity contribution in [1.29, 1.82) is 0 Å². The maximum atomic E-state index is 5.76. The minimum Gasteiger partial charge on any atom is -0.497 e. The number of nitrogens with zero attached hydrogens (tertiary/aromatic N) is 2. The first-order valence-corrected chi connectivity index (χ1v) is 9.38. The summed E-state index contributed by atoms with van der Waals surface area (Å²) in [5.41, 5.74) is 1.03. The molecule has 1 aromatic carbocycles. The highest BCUT2D eigenvalue weighted by Crippen LogP contribution is 2.23. The predicted octanol–water partition coefficient (Wildman–Crippen LogP) is 3.81. The molecule has 0 aliphatic heterocycles. The molecule has 27 heavy (non-hydrogen) atoms. The molecule has 0 fully saturated rings. The summed E-state index contributed by atoms with van der Waals surface area (Å²) in [6, 6.07) is 15.4. The van der Waals surface area contributed by atoms with Crippen molar-refractivity contribution in [1.82, 2.24) is 15.6 Å². The molecule has 2 heterocycles. The highest BCUT2D eigenvalue weighted by atomic mass is 32.1. The van der Waals surface area contributed by atoms with Crippen LogP contribution in [0.3, 0.4) is 0 Å². The van der Waals surface area contributed by atoms with Crippen molar-refractivity contribution in [3.63, 3.8) is 0 Å². The van der Waals surface area contributed by atoms with Gasteiger partial charge in [-0.15, -0.1) is 11.3 Å². The molecule has 0 atom stereocenters. The van der Waals surface area contributed by atoms with Crippen LogP contribution >= 0.6 is 11.3 Å². The number of hydrogen-bond acceptors (Lipinski definition) is 5. The first-order chi connectivity index (χ1) is 13.3. The van der Waals surface area contributed by atoms with Crippen LogP contribution in [0.1, 0.15) is 10.4 Å². The van der Waals surface area contributed by atoms with Crippen LogP contribution in [0.25, 0.3) is 0 Å². The molecular weight excluding hydrogens is 360 g/mol. The molecule has 3 rings (SSSR count). The second-order valence-electron chi connectivity index (χ2n) is 5.64. The monoisotopic (exact) mass is 382 g/mol. The third-order valence-corrected chi connectivity index (χ3v) is 4.63. The summed E-state index contributed by atoms with van der Waals surface area (Å²) in [7, 11) is 3.38. The molecule has 0 bridgehead atoms. The van der Waals surface area contributed by atoms with E-state index in [9.17, 15) is 0 Å². The Hall–Kier alpha value is -3.06. The van der Waals surface area contributed by atoms with Crippen LogP contribution in [-0.2, 0) is 13.1 Å². The maximum absolute atomic E-state index is 5.76. The van der Waals surface area contributed by atoms with Gasteiger partial charge in [0.1, 0.15) is 11.5 Å². The fourth-order valence-electron chi connectivity index (χ4n) is 2.35. The number of aliphatic imine (C=N–C) groups is 1. The lowest BCUT2D eigenvalue weighted by molar-refractivity contribution is 0.407. The van der Waals surface area contributed by atoms with E-state index in [1.165, 1.54) is 4.88 Å². The summed E-state index contributed by atoms with van der Waals surface area (Å²) in [5.74, 6) is 2.72. The standard InChI is InChI=1S/C20H22N4O2S/c1-21-20(24-14-18-7-4-10-27-18)23-13-15-8-9-19(22-12-15)26-17-6-3-5-16(11-17)25-2/h3-12H,13-14H2,1-2H3,(H2,21,23,24). The van der Waals surface area contributed by atoms with Crippen LogP contribution in [0, 0.1) is 0 Å². The van der Waals surface area contributed by atoms with Gasteiger partial charge < -0.3 is 20.1 Å². The van der Waals surface area contributed by atoms with Crippen LogP contribution in [0.2, 0.25) is 0 Å². The average Bonchev–Trinajstić information content (AvgIpc) is 3.23. The summed E-state index contributed by atoms with van der Waals surface area (Å²) in [6.07, 6.45) is 1.79. The quantitative estimate of drug-likeness (QED) is 0.480. The Morgan fingerprint density at radius 1 is 1.07 bits per heavy atom. The Labute approximate surface area is 162 Å². The van der Waals surface area contributed by atoms with Crippen molar-refractivity contribution < 1.29 is 9.47 Å². The first-order valence-electron chi connectivity index (χ1n) is 8.50. The van der Waals surface area contributed by atoms with Gasteiger partial charge in [-0.1, -0.05) is 18.2 Å². The topological polar surface area (TPSA) is 67.8 Å². The predicted molar refractivity (Wildman–Crippen MR) is 109 cm³/mol. The third kappa shape index (κ3) is 5.72. The summed E-state index contributed by atoms with van der Waals surface area (Å²) in [4.78, 5) is 9.86. The van der Waals surface area contributed by atoms with E-state index in [0.29, 0.717) is 18.2 Å². The lowest BCUT2D eigenvalue weighted by Gasteiger charge is -2.11. The molecule has 0 spiro atoms. The van der Waals surface area contributed by atoms with Crippen molar-refractivity contribution in [3.8, 4) is 17.4 Å². The summed E-state index contributed by atoms with van der Waals surface area (Å²) >= 11 is 1.72. The van der Waals surface area contributed by atoms with Crippen LogP contribution in [0.4, 0.5) is 0 Å². The Morgan fingerprint density at radius 2 is 1.93 bits per heavy atom. The molecule has 0 aliphatic rings. The number of aromatic nitrogens is 1. The largest absolute Gasteiger partial charge is 0.497 e. The van der Waals surface area contributed by atoms with Gasteiger partial charge >= 0.3 is 0 Å². The van der Waals surface area contributed by atoms with Gasteiger partial charge in [-0.2, -0.15) is 0 Å². The normalized spacial score (nSPS) is 11.1. The van der Waals surface area contributed by atoms with Gasteiger partial charge in [0, 0.05) is 36.8 Å². The number of pyridine rings is 1. The van der Waals surface area contributed by atoms with Crippen molar-refractivity contribution in [2.45, 2.75) is 13.1 Å². The van der Waals surface area contributed by atoms with Crippen LogP contribution in [0.5, 0.6) is 17.4 Å². The number of guanidine groups is 1. The molecule has 0 saturated heterocycles. The van der Waals surface area contributed by atoms with Crippen LogP contribution < -0.4 is 20.1 Å². The second kappa shape index (κ2) is 9.59. The highest BCUT2D eigenvalue weighted by molar-refractivity contribution is 7.09. The number of hydrogen-bond donors (Lipinski definition) is 2. The van der Waals surface area contributed by atoms with Crippen molar-refractivity contribution in [2.75, 3.05) is 14.2 Å². The van der Waals surface area contributed by atoms with Gasteiger partial charge in [-0.3, -0.25) is 4.99 Å². The summed E-state index contributed by atoms with van der Waals surface area (Å²) in [5, 5.41) is 8.63.